The van der Waals surface area contributed by atoms with E-state index in [2.05, 4.69) is 4.98 Å². The number of fused-ring (bicyclic) bond motifs is 1. The zero-order valence-electron chi connectivity index (χ0n) is 14.9. The van der Waals surface area contributed by atoms with Crippen molar-refractivity contribution in [3.63, 3.8) is 0 Å². The van der Waals surface area contributed by atoms with Gasteiger partial charge in [0.2, 0.25) is 5.91 Å². The summed E-state index contributed by atoms with van der Waals surface area (Å²) in [7, 11) is 0. The molecule has 28 heavy (non-hydrogen) atoms. The predicted octanol–water partition coefficient (Wildman–Crippen LogP) is 3.67. The quantitative estimate of drug-likeness (QED) is 0.722. The molecule has 0 spiro atoms. The van der Waals surface area contributed by atoms with E-state index in [1.165, 1.54) is 34.9 Å². The Hall–Kier alpha value is -2.67. The summed E-state index contributed by atoms with van der Waals surface area (Å²) in [4.78, 5) is 29.5. The molecule has 3 aromatic rings. The molecule has 0 aliphatic carbocycles. The normalized spacial score (nSPS) is 17.2. The highest BCUT2D eigenvalue weighted by Gasteiger charge is 2.27. The lowest BCUT2D eigenvalue weighted by atomic mass is 10.0. The van der Waals surface area contributed by atoms with Crippen LogP contribution in [0.3, 0.4) is 0 Å². The summed E-state index contributed by atoms with van der Waals surface area (Å²) in [5.41, 5.74) is 1.23. The third kappa shape index (κ3) is 3.67. The van der Waals surface area contributed by atoms with Gasteiger partial charge in [-0.25, -0.2) is 13.6 Å². The van der Waals surface area contributed by atoms with E-state index in [0.717, 1.165) is 6.42 Å². The SMILES string of the molecule is O=C(Cc1cc(F)cc(Cl)c1)N1CCC[C@H](n2c(=O)[nH]c3ccc(F)cc32)C1. The van der Waals surface area contributed by atoms with E-state index < -0.39 is 11.6 Å². The molecule has 1 aliphatic heterocycles. The van der Waals surface area contributed by atoms with Gasteiger partial charge in [0.15, 0.2) is 0 Å². The summed E-state index contributed by atoms with van der Waals surface area (Å²) in [5.74, 6) is -1.07. The summed E-state index contributed by atoms with van der Waals surface area (Å²) < 4.78 is 28.7. The highest BCUT2D eigenvalue weighted by atomic mass is 35.5. The van der Waals surface area contributed by atoms with Crippen LogP contribution < -0.4 is 5.69 Å². The van der Waals surface area contributed by atoms with E-state index in [4.69, 9.17) is 11.6 Å². The first-order chi connectivity index (χ1) is 13.4. The van der Waals surface area contributed by atoms with Gasteiger partial charge in [-0.1, -0.05) is 11.6 Å². The van der Waals surface area contributed by atoms with E-state index in [0.29, 0.717) is 36.1 Å². The van der Waals surface area contributed by atoms with Gasteiger partial charge >= 0.3 is 5.69 Å². The number of benzene rings is 2. The van der Waals surface area contributed by atoms with Gasteiger partial charge in [0.25, 0.3) is 0 Å². The molecular formula is C20H18ClF2N3O2. The van der Waals surface area contributed by atoms with E-state index in [1.54, 1.807) is 11.0 Å². The fraction of sp³-hybridized carbons (Fsp3) is 0.300. The highest BCUT2D eigenvalue weighted by molar-refractivity contribution is 6.30. The average Bonchev–Trinajstić information content (AvgIpc) is 2.96. The number of aromatic amines is 1. The van der Waals surface area contributed by atoms with Crippen molar-refractivity contribution >= 4 is 28.5 Å². The zero-order chi connectivity index (χ0) is 19.8. The Morgan fingerprint density at radius 1 is 1.18 bits per heavy atom. The van der Waals surface area contributed by atoms with Crippen LogP contribution in [0.25, 0.3) is 11.0 Å². The monoisotopic (exact) mass is 405 g/mol. The molecule has 146 valence electrons. The van der Waals surface area contributed by atoms with Crippen LogP contribution >= 0.6 is 11.6 Å². The van der Waals surface area contributed by atoms with Crippen molar-refractivity contribution in [1.29, 1.82) is 0 Å². The molecule has 1 aliphatic rings. The molecule has 2 heterocycles. The molecule has 5 nitrogen and oxygen atoms in total. The second-order valence-corrected chi connectivity index (χ2v) is 7.49. The molecule has 0 unspecified atom stereocenters. The minimum atomic E-state index is -0.487. The van der Waals surface area contributed by atoms with Gasteiger partial charge in [0, 0.05) is 18.1 Å². The number of amides is 1. The third-order valence-electron chi connectivity index (χ3n) is 5.07. The summed E-state index contributed by atoms with van der Waals surface area (Å²) >= 11 is 5.86. The highest BCUT2D eigenvalue weighted by Crippen LogP contribution is 2.25. The lowest BCUT2D eigenvalue weighted by Gasteiger charge is -2.33. The number of hydrogen-bond acceptors (Lipinski definition) is 2. The molecule has 1 N–H and O–H groups in total. The summed E-state index contributed by atoms with van der Waals surface area (Å²) in [6.45, 7) is 0.898. The third-order valence-corrected chi connectivity index (χ3v) is 5.29. The van der Waals surface area contributed by atoms with E-state index in [-0.39, 0.29) is 29.1 Å². The second kappa shape index (κ2) is 7.39. The van der Waals surface area contributed by atoms with Gasteiger partial charge < -0.3 is 9.88 Å². The average molecular weight is 406 g/mol. The maximum absolute atomic E-state index is 13.7. The zero-order valence-corrected chi connectivity index (χ0v) is 15.7. The summed E-state index contributed by atoms with van der Waals surface area (Å²) in [5, 5.41) is 0.242. The maximum Gasteiger partial charge on any atom is 0.326 e. The Morgan fingerprint density at radius 3 is 2.79 bits per heavy atom. The molecule has 8 heteroatoms. The number of carbonyl (C=O) groups is 1. The molecule has 1 saturated heterocycles. The minimum Gasteiger partial charge on any atom is -0.340 e. The first-order valence-electron chi connectivity index (χ1n) is 9.03. The summed E-state index contributed by atoms with van der Waals surface area (Å²) in [6, 6.07) is 7.94. The number of piperidine rings is 1. The van der Waals surface area contributed by atoms with Gasteiger partial charge in [0.1, 0.15) is 11.6 Å². The van der Waals surface area contributed by atoms with Crippen molar-refractivity contribution in [3.8, 4) is 0 Å². The fourth-order valence-corrected chi connectivity index (χ4v) is 4.09. The maximum atomic E-state index is 13.7. The predicted molar refractivity (Wildman–Crippen MR) is 102 cm³/mol. The van der Waals surface area contributed by atoms with E-state index in [9.17, 15) is 18.4 Å². The van der Waals surface area contributed by atoms with Crippen LogP contribution in [0.1, 0.15) is 24.4 Å². The molecular weight excluding hydrogens is 388 g/mol. The van der Waals surface area contributed by atoms with Gasteiger partial charge in [-0.3, -0.25) is 9.36 Å². The largest absolute Gasteiger partial charge is 0.340 e. The second-order valence-electron chi connectivity index (χ2n) is 7.05. The number of imidazole rings is 1. The Bertz CT molecular complexity index is 1090. The van der Waals surface area contributed by atoms with Crippen LogP contribution in [0.15, 0.2) is 41.2 Å². The Morgan fingerprint density at radius 2 is 2.00 bits per heavy atom. The number of aromatic nitrogens is 2. The Kier molecular flexibility index (Phi) is 4.93. The van der Waals surface area contributed by atoms with Gasteiger partial charge in [0.05, 0.1) is 23.5 Å². The van der Waals surface area contributed by atoms with Crippen molar-refractivity contribution < 1.29 is 13.6 Å². The molecule has 0 radical (unpaired) electrons. The van der Waals surface area contributed by atoms with Crippen molar-refractivity contribution in [1.82, 2.24) is 14.5 Å². The Balaban J connectivity index is 1.56. The molecule has 1 aromatic heterocycles. The number of nitrogens with zero attached hydrogens (tertiary/aromatic N) is 2. The van der Waals surface area contributed by atoms with Crippen LogP contribution in [0, 0.1) is 11.6 Å². The molecule has 4 rings (SSSR count). The first-order valence-corrected chi connectivity index (χ1v) is 9.41. The van der Waals surface area contributed by atoms with Crippen LogP contribution in [-0.2, 0) is 11.2 Å². The number of halogens is 3. The van der Waals surface area contributed by atoms with Crippen LogP contribution in [-0.4, -0.2) is 33.4 Å². The van der Waals surface area contributed by atoms with Gasteiger partial charge in [-0.05, 0) is 54.8 Å². The van der Waals surface area contributed by atoms with E-state index >= 15 is 0 Å². The minimum absolute atomic E-state index is 0.0294. The molecule has 0 saturated carbocycles. The molecule has 2 aromatic carbocycles. The van der Waals surface area contributed by atoms with Gasteiger partial charge in [-0.15, -0.1) is 0 Å². The number of rotatable bonds is 3. The fourth-order valence-electron chi connectivity index (χ4n) is 3.85. The van der Waals surface area contributed by atoms with Gasteiger partial charge in [-0.2, -0.15) is 0 Å². The number of H-pyrrole nitrogens is 1. The molecule has 0 bridgehead atoms. The van der Waals surface area contributed by atoms with E-state index in [1.807, 2.05) is 0 Å². The number of carbonyl (C=O) groups excluding carboxylic acids is 1. The number of hydrogen-bond donors (Lipinski definition) is 1. The smallest absolute Gasteiger partial charge is 0.326 e. The molecule has 1 amide bonds. The number of nitrogens with one attached hydrogen (secondary N) is 1. The van der Waals surface area contributed by atoms with Crippen LogP contribution in [0.2, 0.25) is 5.02 Å². The van der Waals surface area contributed by atoms with Crippen molar-refractivity contribution in [2.75, 3.05) is 13.1 Å². The van der Waals surface area contributed by atoms with Crippen molar-refractivity contribution in [2.24, 2.45) is 0 Å². The lowest BCUT2D eigenvalue weighted by Crippen LogP contribution is -2.43. The van der Waals surface area contributed by atoms with Crippen LogP contribution in [0.5, 0.6) is 0 Å². The summed E-state index contributed by atoms with van der Waals surface area (Å²) in [6.07, 6.45) is 1.45. The molecule has 1 atom stereocenters. The molecule has 1 fully saturated rings. The van der Waals surface area contributed by atoms with Crippen molar-refractivity contribution in [3.05, 3.63) is 69.1 Å². The standard InChI is InChI=1S/C20H18ClF2N3O2/c21-13-6-12(7-15(23)9-13)8-19(27)25-5-1-2-16(11-25)26-18-10-14(22)3-4-17(18)24-20(26)28/h3-4,6-7,9-10,16H,1-2,5,8,11H2,(H,24,28)/t16-/m0/s1. The topological polar surface area (TPSA) is 58.1 Å². The number of likely N-dealkylation sites (tertiary alicyclic amines) is 1. The lowest BCUT2D eigenvalue weighted by molar-refractivity contribution is -0.132. The first kappa shape index (κ1) is 18.7. The van der Waals surface area contributed by atoms with Crippen LogP contribution in [0.4, 0.5) is 8.78 Å². The van der Waals surface area contributed by atoms with Crippen molar-refractivity contribution in [2.45, 2.75) is 25.3 Å². The Labute approximate surface area is 164 Å².